The molecule has 3 nitrogen and oxygen atoms in total. The minimum absolute atomic E-state index is 0.150. The van der Waals surface area contributed by atoms with E-state index in [9.17, 15) is 9.18 Å². The summed E-state index contributed by atoms with van der Waals surface area (Å²) in [6, 6.07) is 11.1. The first kappa shape index (κ1) is 15.2. The summed E-state index contributed by atoms with van der Waals surface area (Å²) in [4.78, 5) is 16.1. The van der Waals surface area contributed by atoms with Crippen LogP contribution in [-0.4, -0.2) is 11.9 Å². The second-order valence-corrected chi connectivity index (χ2v) is 6.16. The SMILES string of the molecule is O=C1OC(c2cc(I)ccc2Cl)=NC1=Cc1ccc(F)cc1. The second-order valence-electron chi connectivity index (χ2n) is 4.51. The number of cyclic esters (lactones) is 1. The van der Waals surface area contributed by atoms with Crippen LogP contribution in [0.2, 0.25) is 5.02 Å². The Morgan fingerprint density at radius 2 is 1.91 bits per heavy atom. The average Bonchev–Trinajstić information content (AvgIpc) is 2.85. The molecule has 0 aromatic heterocycles. The molecule has 1 heterocycles. The largest absolute Gasteiger partial charge is 0.402 e. The zero-order chi connectivity index (χ0) is 15.7. The Morgan fingerprint density at radius 3 is 2.64 bits per heavy atom. The predicted octanol–water partition coefficient (Wildman–Crippen LogP) is 4.43. The molecule has 22 heavy (non-hydrogen) atoms. The zero-order valence-electron chi connectivity index (χ0n) is 11.0. The van der Waals surface area contributed by atoms with Gasteiger partial charge in [0.15, 0.2) is 5.70 Å². The molecule has 3 rings (SSSR count). The molecule has 0 saturated carbocycles. The van der Waals surface area contributed by atoms with E-state index < -0.39 is 5.97 Å². The molecule has 0 N–H and O–H groups in total. The maximum Gasteiger partial charge on any atom is 0.363 e. The number of nitrogens with zero attached hydrogens (tertiary/aromatic N) is 1. The quantitative estimate of drug-likeness (QED) is 0.404. The molecule has 0 unspecified atom stereocenters. The van der Waals surface area contributed by atoms with Crippen molar-refractivity contribution in [2.75, 3.05) is 0 Å². The third kappa shape index (κ3) is 3.20. The summed E-state index contributed by atoms with van der Waals surface area (Å²) >= 11 is 8.25. The molecule has 0 fully saturated rings. The lowest BCUT2D eigenvalue weighted by molar-refractivity contribution is -0.129. The summed E-state index contributed by atoms with van der Waals surface area (Å²) < 4.78 is 19.0. The fourth-order valence-corrected chi connectivity index (χ4v) is 2.59. The van der Waals surface area contributed by atoms with Gasteiger partial charge in [-0.1, -0.05) is 23.7 Å². The van der Waals surface area contributed by atoms with Crippen LogP contribution in [0.25, 0.3) is 6.08 Å². The number of ether oxygens (including phenoxy) is 1. The number of rotatable bonds is 2. The number of hydrogen-bond donors (Lipinski definition) is 0. The molecule has 0 saturated heterocycles. The van der Waals surface area contributed by atoms with Gasteiger partial charge in [-0.3, -0.25) is 0 Å². The van der Waals surface area contributed by atoms with E-state index in [1.807, 2.05) is 6.07 Å². The first-order valence-electron chi connectivity index (χ1n) is 6.26. The van der Waals surface area contributed by atoms with E-state index in [-0.39, 0.29) is 17.4 Å². The number of halogens is 3. The van der Waals surface area contributed by atoms with Gasteiger partial charge < -0.3 is 4.74 Å². The number of benzene rings is 2. The maximum atomic E-state index is 12.9. The fraction of sp³-hybridized carbons (Fsp3) is 0. The van der Waals surface area contributed by atoms with Gasteiger partial charge in [0.2, 0.25) is 5.90 Å². The number of esters is 1. The average molecular weight is 428 g/mol. The Hall–Kier alpha value is -1.73. The third-order valence-electron chi connectivity index (χ3n) is 2.95. The minimum Gasteiger partial charge on any atom is -0.402 e. The number of hydrogen-bond acceptors (Lipinski definition) is 3. The Morgan fingerprint density at radius 1 is 1.18 bits per heavy atom. The summed E-state index contributed by atoms with van der Waals surface area (Å²) in [5.74, 6) is -0.734. The van der Waals surface area contributed by atoms with E-state index in [1.54, 1.807) is 24.3 Å². The van der Waals surface area contributed by atoms with Gasteiger partial charge in [0.25, 0.3) is 0 Å². The van der Waals surface area contributed by atoms with Gasteiger partial charge in [0.05, 0.1) is 10.6 Å². The van der Waals surface area contributed by atoms with Crippen LogP contribution in [0, 0.1) is 9.39 Å². The Labute approximate surface area is 144 Å². The number of carbonyl (C=O) groups excluding carboxylic acids is 1. The molecule has 2 aromatic carbocycles. The predicted molar refractivity (Wildman–Crippen MR) is 91.2 cm³/mol. The van der Waals surface area contributed by atoms with E-state index in [2.05, 4.69) is 27.6 Å². The molecular weight excluding hydrogens is 420 g/mol. The summed E-state index contributed by atoms with van der Waals surface area (Å²) in [5.41, 5.74) is 1.37. The first-order chi connectivity index (χ1) is 10.5. The third-order valence-corrected chi connectivity index (χ3v) is 3.95. The van der Waals surface area contributed by atoms with Crippen LogP contribution in [0.5, 0.6) is 0 Å². The van der Waals surface area contributed by atoms with Crippen LogP contribution >= 0.6 is 34.2 Å². The van der Waals surface area contributed by atoms with Crippen molar-refractivity contribution in [3.05, 3.63) is 73.7 Å². The topological polar surface area (TPSA) is 38.7 Å². The van der Waals surface area contributed by atoms with Crippen molar-refractivity contribution >= 4 is 52.1 Å². The highest BCUT2D eigenvalue weighted by atomic mass is 127. The van der Waals surface area contributed by atoms with E-state index in [0.717, 1.165) is 3.57 Å². The van der Waals surface area contributed by atoms with Crippen LogP contribution in [0.4, 0.5) is 4.39 Å². The van der Waals surface area contributed by atoms with Crippen LogP contribution < -0.4 is 0 Å². The van der Waals surface area contributed by atoms with E-state index >= 15 is 0 Å². The Kier molecular flexibility index (Phi) is 4.26. The van der Waals surface area contributed by atoms with Crippen molar-refractivity contribution in [1.29, 1.82) is 0 Å². The molecule has 2 aromatic rings. The van der Waals surface area contributed by atoms with Crippen LogP contribution in [0.1, 0.15) is 11.1 Å². The highest BCUT2D eigenvalue weighted by molar-refractivity contribution is 14.1. The molecule has 0 aliphatic carbocycles. The van der Waals surface area contributed by atoms with Crippen molar-refractivity contribution in [2.45, 2.75) is 0 Å². The smallest absolute Gasteiger partial charge is 0.363 e. The molecule has 1 aliphatic heterocycles. The molecule has 0 atom stereocenters. The Bertz CT molecular complexity index is 815. The van der Waals surface area contributed by atoms with Crippen molar-refractivity contribution in [3.8, 4) is 0 Å². The van der Waals surface area contributed by atoms with Crippen molar-refractivity contribution < 1.29 is 13.9 Å². The first-order valence-corrected chi connectivity index (χ1v) is 7.72. The van der Waals surface area contributed by atoms with E-state index in [1.165, 1.54) is 18.2 Å². The van der Waals surface area contributed by atoms with Crippen LogP contribution in [0.3, 0.4) is 0 Å². The molecule has 6 heteroatoms. The summed E-state index contributed by atoms with van der Waals surface area (Å²) in [5, 5.41) is 0.454. The molecule has 0 radical (unpaired) electrons. The minimum atomic E-state index is -0.561. The lowest BCUT2D eigenvalue weighted by atomic mass is 10.2. The highest BCUT2D eigenvalue weighted by Crippen LogP contribution is 2.25. The van der Waals surface area contributed by atoms with Gasteiger partial charge in [-0.2, -0.15) is 0 Å². The fourth-order valence-electron chi connectivity index (χ4n) is 1.90. The molecule has 110 valence electrons. The lowest BCUT2D eigenvalue weighted by Crippen LogP contribution is -2.06. The van der Waals surface area contributed by atoms with E-state index in [4.69, 9.17) is 16.3 Å². The summed E-state index contributed by atoms with van der Waals surface area (Å²) in [6.07, 6.45) is 1.54. The van der Waals surface area contributed by atoms with Gasteiger partial charge in [-0.05, 0) is 64.6 Å². The van der Waals surface area contributed by atoms with Crippen molar-refractivity contribution in [3.63, 3.8) is 0 Å². The van der Waals surface area contributed by atoms with Gasteiger partial charge in [-0.15, -0.1) is 0 Å². The Balaban J connectivity index is 1.97. The normalized spacial score (nSPS) is 15.9. The van der Waals surface area contributed by atoms with Gasteiger partial charge in [0.1, 0.15) is 5.82 Å². The standard InChI is InChI=1S/C16H8ClFINO2/c17-13-6-5-11(19)8-12(13)15-20-14(16(21)22-15)7-9-1-3-10(18)4-2-9/h1-8H. The molecule has 0 amide bonds. The summed E-state index contributed by atoms with van der Waals surface area (Å²) in [6.45, 7) is 0. The van der Waals surface area contributed by atoms with Crippen molar-refractivity contribution in [2.24, 2.45) is 4.99 Å². The number of carbonyl (C=O) groups is 1. The van der Waals surface area contributed by atoms with Crippen molar-refractivity contribution in [1.82, 2.24) is 0 Å². The monoisotopic (exact) mass is 427 g/mol. The van der Waals surface area contributed by atoms with Crippen LogP contribution in [0.15, 0.2) is 53.2 Å². The molecule has 0 bridgehead atoms. The molecule has 0 spiro atoms. The summed E-state index contributed by atoms with van der Waals surface area (Å²) in [7, 11) is 0. The van der Waals surface area contributed by atoms with Gasteiger partial charge in [-0.25, -0.2) is 14.2 Å². The molecule has 1 aliphatic rings. The lowest BCUT2D eigenvalue weighted by Gasteiger charge is -2.02. The van der Waals surface area contributed by atoms with Gasteiger partial charge >= 0.3 is 5.97 Å². The highest BCUT2D eigenvalue weighted by Gasteiger charge is 2.25. The van der Waals surface area contributed by atoms with Gasteiger partial charge in [0, 0.05) is 3.57 Å². The molecular formula is C16H8ClFINO2. The zero-order valence-corrected chi connectivity index (χ0v) is 13.9. The van der Waals surface area contributed by atoms with Crippen LogP contribution in [-0.2, 0) is 9.53 Å². The number of aliphatic imine (C=N–C) groups is 1. The van der Waals surface area contributed by atoms with E-state index in [0.29, 0.717) is 16.1 Å². The second kappa shape index (κ2) is 6.18. The maximum absolute atomic E-state index is 12.9.